The van der Waals surface area contributed by atoms with E-state index in [0.717, 1.165) is 13.1 Å². The van der Waals surface area contributed by atoms with E-state index in [9.17, 15) is 0 Å². The molecule has 0 aromatic carbocycles. The van der Waals surface area contributed by atoms with Crippen molar-refractivity contribution in [1.29, 1.82) is 5.41 Å². The molecule has 1 fully saturated rings. The van der Waals surface area contributed by atoms with Crippen LogP contribution in [0.3, 0.4) is 0 Å². The largest absolute Gasteiger partial charge is 0.370 e. The Labute approximate surface area is 86.9 Å². The Kier molecular flexibility index (Phi) is 4.39. The first kappa shape index (κ1) is 11.5. The van der Waals surface area contributed by atoms with E-state index in [2.05, 4.69) is 18.7 Å². The normalized spacial score (nSPS) is 19.0. The van der Waals surface area contributed by atoms with Crippen LogP contribution >= 0.6 is 0 Å². The van der Waals surface area contributed by atoms with Crippen LogP contribution in [-0.4, -0.2) is 36.5 Å². The Hall–Kier alpha value is -0.570. The minimum atomic E-state index is -0.0156. The summed E-state index contributed by atoms with van der Waals surface area (Å²) in [5.74, 6) is 1.07. The van der Waals surface area contributed by atoms with Crippen molar-refractivity contribution in [3.05, 3.63) is 0 Å². The van der Waals surface area contributed by atoms with Gasteiger partial charge in [0.05, 0.1) is 0 Å². The van der Waals surface area contributed by atoms with Crippen molar-refractivity contribution in [3.8, 4) is 0 Å². The zero-order valence-corrected chi connectivity index (χ0v) is 9.55. The number of likely N-dealkylation sites (tertiary alicyclic amines) is 1. The maximum absolute atomic E-state index is 8.08. The Morgan fingerprint density at radius 2 is 1.93 bits per heavy atom. The predicted molar refractivity (Wildman–Crippen MR) is 58.8 cm³/mol. The number of nitrogens with one attached hydrogen (secondary N) is 1. The molecule has 1 atom stereocenters. The summed E-state index contributed by atoms with van der Waals surface area (Å²) in [5, 5.41) is 8.08. The number of nitrogens with zero attached hydrogens (tertiary/aromatic N) is 1. The van der Waals surface area contributed by atoms with Crippen molar-refractivity contribution in [2.75, 3.05) is 19.7 Å². The summed E-state index contributed by atoms with van der Waals surface area (Å²) in [6.07, 6.45) is 2.43. The average Bonchev–Trinajstić information content (AvgIpc) is 2.65. The Morgan fingerprint density at radius 1 is 1.36 bits per heavy atom. The van der Waals surface area contributed by atoms with E-state index in [1.165, 1.54) is 12.8 Å². The molecular weight excluding hydrogens is 176 g/mol. The fraction of sp³-hybridized carbons (Fsp3) is 0.909. The van der Waals surface area contributed by atoms with Crippen LogP contribution in [0.2, 0.25) is 0 Å². The van der Waals surface area contributed by atoms with E-state index < -0.39 is 0 Å². The molecule has 1 aliphatic heterocycles. The first-order chi connectivity index (χ1) is 6.66. The van der Waals surface area contributed by atoms with Gasteiger partial charge < -0.3 is 9.64 Å². The second-order valence-corrected chi connectivity index (χ2v) is 4.20. The van der Waals surface area contributed by atoms with Crippen molar-refractivity contribution in [2.45, 2.75) is 39.7 Å². The number of hydrogen-bond acceptors (Lipinski definition) is 2. The smallest absolute Gasteiger partial charge is 0.126 e. The molecule has 82 valence electrons. The van der Waals surface area contributed by atoms with Crippen LogP contribution in [0.25, 0.3) is 0 Å². The predicted octanol–water partition coefficient (Wildman–Crippen LogP) is 2.12. The molecule has 1 heterocycles. The van der Waals surface area contributed by atoms with Crippen molar-refractivity contribution < 1.29 is 4.74 Å². The Bertz CT molecular complexity index is 186. The molecular formula is C11H22N2O. The van der Waals surface area contributed by atoms with Gasteiger partial charge in [-0.25, -0.2) is 0 Å². The van der Waals surface area contributed by atoms with Crippen LogP contribution in [0.15, 0.2) is 0 Å². The highest BCUT2D eigenvalue weighted by atomic mass is 16.5. The molecule has 0 aromatic rings. The third-order valence-electron chi connectivity index (χ3n) is 2.67. The van der Waals surface area contributed by atoms with Gasteiger partial charge in [-0.05, 0) is 25.7 Å². The van der Waals surface area contributed by atoms with Crippen LogP contribution in [0.5, 0.6) is 0 Å². The standard InChI is InChI=1S/C11H22N2O/c1-4-14-10(9(2)3)11(12)13-7-5-6-8-13/h9-10,12H,4-8H2,1-3H3. The lowest BCUT2D eigenvalue weighted by atomic mass is 10.1. The molecule has 0 saturated carbocycles. The topological polar surface area (TPSA) is 36.3 Å². The highest BCUT2D eigenvalue weighted by Gasteiger charge is 2.25. The molecule has 1 aliphatic rings. The number of ether oxygens (including phenoxy) is 1. The quantitative estimate of drug-likeness (QED) is 0.555. The fourth-order valence-corrected chi connectivity index (χ4v) is 1.90. The first-order valence-electron chi connectivity index (χ1n) is 5.61. The number of hydrogen-bond donors (Lipinski definition) is 1. The van der Waals surface area contributed by atoms with E-state index in [4.69, 9.17) is 10.1 Å². The second-order valence-electron chi connectivity index (χ2n) is 4.20. The molecule has 0 radical (unpaired) electrons. The Balaban J connectivity index is 2.53. The molecule has 1 N–H and O–H groups in total. The van der Waals surface area contributed by atoms with Gasteiger partial charge in [-0.1, -0.05) is 13.8 Å². The highest BCUT2D eigenvalue weighted by molar-refractivity contribution is 5.84. The molecule has 0 bridgehead atoms. The van der Waals surface area contributed by atoms with E-state index in [0.29, 0.717) is 18.4 Å². The summed E-state index contributed by atoms with van der Waals surface area (Å²) in [7, 11) is 0. The number of amidine groups is 1. The third-order valence-corrected chi connectivity index (χ3v) is 2.67. The van der Waals surface area contributed by atoms with Crippen LogP contribution in [-0.2, 0) is 4.74 Å². The van der Waals surface area contributed by atoms with E-state index >= 15 is 0 Å². The fourth-order valence-electron chi connectivity index (χ4n) is 1.90. The van der Waals surface area contributed by atoms with Crippen LogP contribution < -0.4 is 0 Å². The van der Waals surface area contributed by atoms with Gasteiger partial charge in [0.1, 0.15) is 11.9 Å². The SMILES string of the molecule is CCOC(C(=N)N1CCCC1)C(C)C. The molecule has 0 aliphatic carbocycles. The molecule has 1 rings (SSSR count). The van der Waals surface area contributed by atoms with Gasteiger partial charge in [0.2, 0.25) is 0 Å². The van der Waals surface area contributed by atoms with Gasteiger partial charge in [-0.2, -0.15) is 0 Å². The van der Waals surface area contributed by atoms with Crippen LogP contribution in [0.4, 0.5) is 0 Å². The zero-order valence-electron chi connectivity index (χ0n) is 9.55. The summed E-state index contributed by atoms with van der Waals surface area (Å²) in [6.45, 7) is 8.99. The molecule has 3 heteroatoms. The van der Waals surface area contributed by atoms with Crippen LogP contribution in [0.1, 0.15) is 33.6 Å². The molecule has 1 saturated heterocycles. The lowest BCUT2D eigenvalue weighted by molar-refractivity contribution is 0.0694. The lowest BCUT2D eigenvalue weighted by Gasteiger charge is -2.28. The highest BCUT2D eigenvalue weighted by Crippen LogP contribution is 2.15. The minimum Gasteiger partial charge on any atom is -0.370 e. The Morgan fingerprint density at radius 3 is 2.36 bits per heavy atom. The maximum atomic E-state index is 8.08. The first-order valence-corrected chi connectivity index (χ1v) is 5.61. The third kappa shape index (κ3) is 2.71. The summed E-state index contributed by atoms with van der Waals surface area (Å²) in [5.41, 5.74) is 0. The molecule has 0 spiro atoms. The van der Waals surface area contributed by atoms with E-state index in [1.54, 1.807) is 0 Å². The van der Waals surface area contributed by atoms with Gasteiger partial charge >= 0.3 is 0 Å². The number of rotatable bonds is 4. The summed E-state index contributed by atoms with van der Waals surface area (Å²) < 4.78 is 5.61. The van der Waals surface area contributed by atoms with Crippen molar-refractivity contribution in [1.82, 2.24) is 4.90 Å². The van der Waals surface area contributed by atoms with Crippen LogP contribution in [0, 0.1) is 11.3 Å². The van der Waals surface area contributed by atoms with Gasteiger partial charge in [0, 0.05) is 19.7 Å². The van der Waals surface area contributed by atoms with Crippen molar-refractivity contribution in [3.63, 3.8) is 0 Å². The maximum Gasteiger partial charge on any atom is 0.126 e. The molecule has 0 aromatic heterocycles. The monoisotopic (exact) mass is 198 g/mol. The second kappa shape index (κ2) is 5.35. The zero-order chi connectivity index (χ0) is 10.6. The molecule has 1 unspecified atom stereocenters. The van der Waals surface area contributed by atoms with Gasteiger partial charge in [-0.15, -0.1) is 0 Å². The summed E-state index contributed by atoms with van der Waals surface area (Å²) in [6, 6.07) is 0. The summed E-state index contributed by atoms with van der Waals surface area (Å²) >= 11 is 0. The summed E-state index contributed by atoms with van der Waals surface area (Å²) in [4.78, 5) is 2.15. The lowest BCUT2D eigenvalue weighted by Crippen LogP contribution is -2.41. The minimum absolute atomic E-state index is 0.0156. The molecule has 0 amide bonds. The van der Waals surface area contributed by atoms with Crippen molar-refractivity contribution >= 4 is 5.84 Å². The van der Waals surface area contributed by atoms with Gasteiger partial charge in [0.15, 0.2) is 0 Å². The van der Waals surface area contributed by atoms with E-state index in [1.807, 2.05) is 6.92 Å². The van der Waals surface area contributed by atoms with Gasteiger partial charge in [0.25, 0.3) is 0 Å². The van der Waals surface area contributed by atoms with Gasteiger partial charge in [-0.3, -0.25) is 5.41 Å². The van der Waals surface area contributed by atoms with Crippen molar-refractivity contribution in [2.24, 2.45) is 5.92 Å². The average molecular weight is 198 g/mol. The molecule has 3 nitrogen and oxygen atoms in total. The van der Waals surface area contributed by atoms with E-state index in [-0.39, 0.29) is 6.10 Å². The molecule has 14 heavy (non-hydrogen) atoms.